The average Bonchev–Trinajstić information content (AvgIpc) is 2.62. The van der Waals surface area contributed by atoms with Crippen molar-refractivity contribution in [3.8, 4) is 17.2 Å². The largest absolute Gasteiger partial charge is 0.502 e. The van der Waals surface area contributed by atoms with Crippen LogP contribution >= 0.6 is 27.5 Å². The van der Waals surface area contributed by atoms with Gasteiger partial charge >= 0.3 is 5.69 Å². The van der Waals surface area contributed by atoms with Gasteiger partial charge in [0, 0.05) is 21.1 Å². The molecule has 0 atom stereocenters. The molecule has 1 amide bonds. The number of carbonyl (C=O) groups is 1. The van der Waals surface area contributed by atoms with Crippen molar-refractivity contribution in [2.24, 2.45) is 5.10 Å². The van der Waals surface area contributed by atoms with E-state index in [1.165, 1.54) is 13.2 Å². The highest BCUT2D eigenvalue weighted by molar-refractivity contribution is 9.10. The number of nitro benzene ring substituents is 1. The van der Waals surface area contributed by atoms with E-state index < -0.39 is 22.3 Å². The molecule has 0 aliphatic carbocycles. The van der Waals surface area contributed by atoms with Crippen LogP contribution in [0.15, 0.2) is 39.9 Å². The number of amides is 1. The van der Waals surface area contributed by atoms with Crippen LogP contribution in [0.4, 0.5) is 5.69 Å². The number of rotatable bonds is 7. The molecule has 0 fully saturated rings. The van der Waals surface area contributed by atoms with Crippen LogP contribution in [0.5, 0.6) is 17.2 Å². The first-order valence-corrected chi connectivity index (χ1v) is 8.44. The number of nitrogens with zero attached hydrogens (tertiary/aromatic N) is 2. The zero-order valence-corrected chi connectivity index (χ0v) is 16.2. The van der Waals surface area contributed by atoms with E-state index in [9.17, 15) is 20.0 Å². The van der Waals surface area contributed by atoms with Crippen LogP contribution in [0.2, 0.25) is 5.02 Å². The summed E-state index contributed by atoms with van der Waals surface area (Å²) in [5.41, 5.74) is 1.59. The number of phenolic OH excluding ortho intramolecular Hbond substituents is 1. The maximum absolute atomic E-state index is 11.8. The predicted octanol–water partition coefficient (Wildman–Crippen LogP) is 3.25. The first-order chi connectivity index (χ1) is 12.8. The van der Waals surface area contributed by atoms with Crippen molar-refractivity contribution in [1.82, 2.24) is 5.43 Å². The maximum Gasteiger partial charge on any atom is 0.312 e. The summed E-state index contributed by atoms with van der Waals surface area (Å²) in [6, 6.07) is 7.31. The Bertz CT molecular complexity index is 906. The molecule has 11 heteroatoms. The number of hydrogen-bond donors (Lipinski definition) is 2. The normalized spacial score (nSPS) is 10.6. The van der Waals surface area contributed by atoms with Crippen LogP contribution in [-0.2, 0) is 4.79 Å². The van der Waals surface area contributed by atoms with Crippen LogP contribution in [0.25, 0.3) is 0 Å². The molecule has 2 rings (SSSR count). The fourth-order valence-electron chi connectivity index (χ4n) is 1.95. The van der Waals surface area contributed by atoms with E-state index in [0.29, 0.717) is 11.5 Å². The molecule has 2 aromatic carbocycles. The van der Waals surface area contributed by atoms with Crippen molar-refractivity contribution < 1.29 is 24.3 Å². The molecule has 0 aliphatic rings. The first-order valence-electron chi connectivity index (χ1n) is 7.27. The zero-order chi connectivity index (χ0) is 20.0. The second-order valence-electron chi connectivity index (χ2n) is 5.00. The lowest BCUT2D eigenvalue weighted by Gasteiger charge is -2.10. The summed E-state index contributed by atoms with van der Waals surface area (Å²) in [5, 5.41) is 24.3. The molecule has 0 bridgehead atoms. The van der Waals surface area contributed by atoms with E-state index in [-0.39, 0.29) is 17.2 Å². The second kappa shape index (κ2) is 9.19. The molecule has 0 radical (unpaired) electrons. The molecule has 0 aromatic heterocycles. The molecule has 2 N–H and O–H groups in total. The quantitative estimate of drug-likeness (QED) is 0.373. The lowest BCUT2D eigenvalue weighted by Crippen LogP contribution is -2.24. The minimum absolute atomic E-state index is 0.0232. The van der Waals surface area contributed by atoms with Gasteiger partial charge in [-0.2, -0.15) is 5.10 Å². The summed E-state index contributed by atoms with van der Waals surface area (Å²) >= 11 is 9.06. The lowest BCUT2D eigenvalue weighted by molar-refractivity contribution is -0.385. The zero-order valence-electron chi connectivity index (χ0n) is 13.8. The summed E-state index contributed by atoms with van der Waals surface area (Å²) in [5.74, 6) is -0.398. The minimum Gasteiger partial charge on any atom is -0.502 e. The number of ether oxygens (including phenoxy) is 2. The molecular formula is C16H13BrClN3O6. The van der Waals surface area contributed by atoms with Gasteiger partial charge in [-0.15, -0.1) is 0 Å². The van der Waals surface area contributed by atoms with Crippen LogP contribution in [0.1, 0.15) is 5.56 Å². The Balaban J connectivity index is 1.99. The third-order valence-corrected chi connectivity index (χ3v) is 3.87. The van der Waals surface area contributed by atoms with Crippen molar-refractivity contribution >= 4 is 45.3 Å². The van der Waals surface area contributed by atoms with Gasteiger partial charge in [0.05, 0.1) is 18.2 Å². The van der Waals surface area contributed by atoms with Crippen molar-refractivity contribution in [3.05, 3.63) is 55.5 Å². The average molecular weight is 459 g/mol. The Morgan fingerprint density at radius 2 is 2.15 bits per heavy atom. The highest BCUT2D eigenvalue weighted by Gasteiger charge is 2.17. The standard InChI is InChI=1S/C16H13BrClN3O6/c1-26-14-5-10(17)2-3-13(14)27-8-15(22)20-19-7-9-4-11(18)6-12(16(9)23)21(24)25/h2-7,23H,8H2,1H3,(H,20,22)/b19-7+. The number of carbonyl (C=O) groups excluding carboxylic acids is 1. The molecule has 0 aliphatic heterocycles. The van der Waals surface area contributed by atoms with Crippen LogP contribution in [0.3, 0.4) is 0 Å². The fourth-order valence-corrected chi connectivity index (χ4v) is 2.51. The molecule has 2 aromatic rings. The van der Waals surface area contributed by atoms with Gasteiger partial charge in [-0.3, -0.25) is 14.9 Å². The van der Waals surface area contributed by atoms with E-state index in [4.69, 9.17) is 21.1 Å². The van der Waals surface area contributed by atoms with Gasteiger partial charge < -0.3 is 14.6 Å². The number of phenols is 1. The summed E-state index contributed by atoms with van der Waals surface area (Å²) < 4.78 is 11.3. The third kappa shape index (κ3) is 5.56. The van der Waals surface area contributed by atoms with Gasteiger partial charge in [0.2, 0.25) is 5.75 Å². The van der Waals surface area contributed by atoms with Gasteiger partial charge in [-0.05, 0) is 24.3 Å². The SMILES string of the molecule is COc1cc(Br)ccc1OCC(=O)N/N=C/c1cc(Cl)cc([N+](=O)[O-])c1O. The molecule has 0 saturated carbocycles. The highest BCUT2D eigenvalue weighted by atomic mass is 79.9. The summed E-state index contributed by atoms with van der Waals surface area (Å²) in [4.78, 5) is 21.9. The molecule has 0 spiro atoms. The Kier molecular flexibility index (Phi) is 6.97. The van der Waals surface area contributed by atoms with Crippen LogP contribution in [-0.4, -0.2) is 35.9 Å². The van der Waals surface area contributed by atoms with Crippen molar-refractivity contribution in [2.45, 2.75) is 0 Å². The maximum atomic E-state index is 11.8. The molecule has 0 heterocycles. The monoisotopic (exact) mass is 457 g/mol. The van der Waals surface area contributed by atoms with E-state index in [0.717, 1.165) is 16.8 Å². The molecule has 0 unspecified atom stereocenters. The third-order valence-electron chi connectivity index (χ3n) is 3.16. The van der Waals surface area contributed by atoms with Crippen molar-refractivity contribution in [1.29, 1.82) is 0 Å². The first kappa shape index (κ1) is 20.5. The molecule has 142 valence electrons. The van der Waals surface area contributed by atoms with Gasteiger partial charge in [0.15, 0.2) is 18.1 Å². The Morgan fingerprint density at radius 3 is 2.81 bits per heavy atom. The summed E-state index contributed by atoms with van der Waals surface area (Å²) in [6.07, 6.45) is 1.03. The van der Waals surface area contributed by atoms with Crippen LogP contribution in [0, 0.1) is 10.1 Å². The minimum atomic E-state index is -0.781. The van der Waals surface area contributed by atoms with Gasteiger partial charge in [0.25, 0.3) is 5.91 Å². The van der Waals surface area contributed by atoms with E-state index in [1.54, 1.807) is 18.2 Å². The summed E-state index contributed by atoms with van der Waals surface area (Å²) in [7, 11) is 1.47. The Morgan fingerprint density at radius 1 is 1.41 bits per heavy atom. The van der Waals surface area contributed by atoms with Gasteiger partial charge in [-0.25, -0.2) is 5.43 Å². The van der Waals surface area contributed by atoms with Gasteiger partial charge in [0.1, 0.15) is 0 Å². The van der Waals surface area contributed by atoms with Crippen LogP contribution < -0.4 is 14.9 Å². The fraction of sp³-hybridized carbons (Fsp3) is 0.125. The number of hydrazone groups is 1. The van der Waals surface area contributed by atoms with E-state index in [2.05, 4.69) is 26.5 Å². The van der Waals surface area contributed by atoms with Crippen molar-refractivity contribution in [3.63, 3.8) is 0 Å². The molecule has 0 saturated heterocycles. The van der Waals surface area contributed by atoms with Gasteiger partial charge in [-0.1, -0.05) is 27.5 Å². The predicted molar refractivity (Wildman–Crippen MR) is 102 cm³/mol. The number of aromatic hydroxyl groups is 1. The second-order valence-corrected chi connectivity index (χ2v) is 6.35. The summed E-state index contributed by atoms with van der Waals surface area (Å²) in [6.45, 7) is -0.350. The Labute approximate surface area is 166 Å². The highest BCUT2D eigenvalue weighted by Crippen LogP contribution is 2.32. The topological polar surface area (TPSA) is 123 Å². The molecule has 27 heavy (non-hydrogen) atoms. The molecular weight excluding hydrogens is 446 g/mol. The Hall–Kier alpha value is -2.85. The van der Waals surface area contributed by atoms with E-state index in [1.807, 2.05) is 0 Å². The number of nitro groups is 1. The number of benzene rings is 2. The number of nitrogens with one attached hydrogen (secondary N) is 1. The smallest absolute Gasteiger partial charge is 0.312 e. The number of hydrogen-bond acceptors (Lipinski definition) is 7. The molecule has 9 nitrogen and oxygen atoms in total. The lowest BCUT2D eigenvalue weighted by atomic mass is 10.2. The van der Waals surface area contributed by atoms with E-state index >= 15 is 0 Å². The van der Waals surface area contributed by atoms with Crippen molar-refractivity contribution in [2.75, 3.05) is 13.7 Å². The number of halogens is 2. The number of methoxy groups -OCH3 is 1.